The van der Waals surface area contributed by atoms with Crippen LogP contribution in [0.15, 0.2) is 36.0 Å². The molecule has 16 heavy (non-hydrogen) atoms. The molecule has 0 heterocycles. The first kappa shape index (κ1) is 12.1. The first-order valence-electron chi connectivity index (χ1n) is 4.97. The second-order valence-electron chi connectivity index (χ2n) is 3.55. The summed E-state index contributed by atoms with van der Waals surface area (Å²) in [6, 6.07) is 6.91. The van der Waals surface area contributed by atoms with Crippen molar-refractivity contribution in [3.63, 3.8) is 0 Å². The van der Waals surface area contributed by atoms with Crippen molar-refractivity contribution in [2.45, 2.75) is 13.8 Å². The van der Waals surface area contributed by atoms with E-state index in [4.69, 9.17) is 4.74 Å². The topological polar surface area (TPSA) is 50.4 Å². The van der Waals surface area contributed by atoms with Crippen LogP contribution in [-0.4, -0.2) is 13.1 Å². The standard InChI is InChI=1S/C12H16N2O2/c1-9(2)8-13-12(15)14-10-5-4-6-11(7-10)16-3/h4-8H,1-3H3,(H2,13,14,15). The van der Waals surface area contributed by atoms with Gasteiger partial charge in [0.2, 0.25) is 0 Å². The average Bonchev–Trinajstić information content (AvgIpc) is 2.26. The molecule has 0 spiro atoms. The minimum absolute atomic E-state index is 0.269. The lowest BCUT2D eigenvalue weighted by Gasteiger charge is -2.06. The molecule has 0 unspecified atom stereocenters. The van der Waals surface area contributed by atoms with E-state index in [9.17, 15) is 4.79 Å². The van der Waals surface area contributed by atoms with Crippen LogP contribution in [-0.2, 0) is 0 Å². The van der Waals surface area contributed by atoms with E-state index in [-0.39, 0.29) is 6.03 Å². The number of allylic oxidation sites excluding steroid dienone is 1. The minimum Gasteiger partial charge on any atom is -0.497 e. The molecule has 2 N–H and O–H groups in total. The SMILES string of the molecule is COc1cccc(NC(=O)NC=C(C)C)c1. The van der Waals surface area contributed by atoms with Crippen molar-refractivity contribution in [1.82, 2.24) is 5.32 Å². The van der Waals surface area contributed by atoms with Crippen molar-refractivity contribution in [3.05, 3.63) is 36.0 Å². The fraction of sp³-hybridized carbons (Fsp3) is 0.250. The van der Waals surface area contributed by atoms with Crippen LogP contribution in [0.4, 0.5) is 10.5 Å². The van der Waals surface area contributed by atoms with Crippen LogP contribution in [0.25, 0.3) is 0 Å². The maximum absolute atomic E-state index is 11.4. The highest BCUT2D eigenvalue weighted by molar-refractivity contribution is 5.90. The molecule has 0 saturated carbocycles. The molecule has 0 saturated heterocycles. The van der Waals surface area contributed by atoms with Crippen LogP contribution >= 0.6 is 0 Å². The van der Waals surface area contributed by atoms with Gasteiger partial charge in [-0.1, -0.05) is 11.6 Å². The predicted octanol–water partition coefficient (Wildman–Crippen LogP) is 2.74. The zero-order chi connectivity index (χ0) is 12.0. The molecular formula is C12H16N2O2. The summed E-state index contributed by atoms with van der Waals surface area (Å²) in [6.07, 6.45) is 1.65. The fourth-order valence-corrected chi connectivity index (χ4v) is 1.08. The lowest BCUT2D eigenvalue weighted by molar-refractivity contribution is 0.255. The van der Waals surface area contributed by atoms with Crippen LogP contribution in [0.5, 0.6) is 5.75 Å². The van der Waals surface area contributed by atoms with Gasteiger partial charge in [-0.3, -0.25) is 0 Å². The zero-order valence-electron chi connectivity index (χ0n) is 9.70. The monoisotopic (exact) mass is 220 g/mol. The van der Waals surface area contributed by atoms with E-state index < -0.39 is 0 Å². The highest BCUT2D eigenvalue weighted by Gasteiger charge is 2.00. The summed E-state index contributed by atoms with van der Waals surface area (Å²) in [5.41, 5.74) is 1.72. The molecule has 86 valence electrons. The van der Waals surface area contributed by atoms with E-state index in [1.54, 1.807) is 25.4 Å². The summed E-state index contributed by atoms with van der Waals surface area (Å²) in [4.78, 5) is 11.4. The first-order valence-corrected chi connectivity index (χ1v) is 4.97. The Balaban J connectivity index is 2.59. The minimum atomic E-state index is -0.269. The summed E-state index contributed by atoms with van der Waals surface area (Å²) in [6.45, 7) is 3.82. The van der Waals surface area contributed by atoms with E-state index >= 15 is 0 Å². The van der Waals surface area contributed by atoms with Crippen molar-refractivity contribution in [3.8, 4) is 5.75 Å². The number of nitrogens with one attached hydrogen (secondary N) is 2. The molecule has 0 aliphatic carbocycles. The molecule has 4 heteroatoms. The fourth-order valence-electron chi connectivity index (χ4n) is 1.08. The van der Waals surface area contributed by atoms with Crippen molar-refractivity contribution < 1.29 is 9.53 Å². The number of hydrogen-bond donors (Lipinski definition) is 2. The Labute approximate surface area is 95.3 Å². The highest BCUT2D eigenvalue weighted by Crippen LogP contribution is 2.16. The number of benzene rings is 1. The average molecular weight is 220 g/mol. The lowest BCUT2D eigenvalue weighted by Crippen LogP contribution is -2.24. The molecular weight excluding hydrogens is 204 g/mol. The van der Waals surface area contributed by atoms with Crippen molar-refractivity contribution in [2.24, 2.45) is 0 Å². The molecule has 0 fully saturated rings. The third kappa shape index (κ3) is 4.04. The number of carbonyl (C=O) groups excluding carboxylic acids is 1. The number of ether oxygens (including phenoxy) is 1. The molecule has 0 bridgehead atoms. The number of hydrogen-bond acceptors (Lipinski definition) is 2. The summed E-state index contributed by atoms with van der Waals surface area (Å²) in [5, 5.41) is 5.31. The van der Waals surface area contributed by atoms with Gasteiger partial charge >= 0.3 is 6.03 Å². The number of amides is 2. The Morgan fingerprint density at radius 2 is 2.12 bits per heavy atom. The van der Waals surface area contributed by atoms with Crippen molar-refractivity contribution in [2.75, 3.05) is 12.4 Å². The molecule has 0 atom stereocenters. The first-order chi connectivity index (χ1) is 7.61. The van der Waals surface area contributed by atoms with E-state index in [2.05, 4.69) is 10.6 Å². The predicted molar refractivity (Wildman–Crippen MR) is 64.6 cm³/mol. The number of anilines is 1. The number of rotatable bonds is 3. The van der Waals surface area contributed by atoms with Gasteiger partial charge < -0.3 is 15.4 Å². The second-order valence-corrected chi connectivity index (χ2v) is 3.55. The smallest absolute Gasteiger partial charge is 0.323 e. The molecule has 1 aromatic rings. The van der Waals surface area contributed by atoms with Crippen molar-refractivity contribution >= 4 is 11.7 Å². The largest absolute Gasteiger partial charge is 0.497 e. The number of carbonyl (C=O) groups is 1. The van der Waals surface area contributed by atoms with Crippen LogP contribution < -0.4 is 15.4 Å². The van der Waals surface area contributed by atoms with Gasteiger partial charge in [-0.15, -0.1) is 0 Å². The van der Waals surface area contributed by atoms with Gasteiger partial charge in [0.25, 0.3) is 0 Å². The molecule has 0 radical (unpaired) electrons. The maximum atomic E-state index is 11.4. The van der Waals surface area contributed by atoms with Gasteiger partial charge in [-0.2, -0.15) is 0 Å². The molecule has 4 nitrogen and oxygen atoms in total. The van der Waals surface area contributed by atoms with Gasteiger partial charge in [0, 0.05) is 18.0 Å². The molecule has 0 aromatic heterocycles. The Bertz CT molecular complexity index is 396. The summed E-state index contributed by atoms with van der Waals surface area (Å²) in [7, 11) is 1.59. The van der Waals surface area contributed by atoms with Gasteiger partial charge in [0.05, 0.1) is 7.11 Å². The van der Waals surface area contributed by atoms with Crippen molar-refractivity contribution in [1.29, 1.82) is 0 Å². The van der Waals surface area contributed by atoms with Crippen LogP contribution in [0.3, 0.4) is 0 Å². The van der Waals surface area contributed by atoms with Gasteiger partial charge in [-0.05, 0) is 26.0 Å². The molecule has 2 amide bonds. The van der Waals surface area contributed by atoms with Crippen LogP contribution in [0, 0.1) is 0 Å². The Morgan fingerprint density at radius 1 is 1.38 bits per heavy atom. The Kier molecular flexibility index (Phi) is 4.39. The number of methoxy groups -OCH3 is 1. The number of urea groups is 1. The van der Waals surface area contributed by atoms with E-state index in [0.29, 0.717) is 11.4 Å². The highest BCUT2D eigenvalue weighted by atomic mass is 16.5. The normalized spacial score (nSPS) is 9.19. The Morgan fingerprint density at radius 3 is 2.75 bits per heavy atom. The van der Waals surface area contributed by atoms with Gasteiger partial charge in [0.15, 0.2) is 0 Å². The molecule has 1 rings (SSSR count). The summed E-state index contributed by atoms with van der Waals surface area (Å²) in [5.74, 6) is 0.708. The van der Waals surface area contributed by atoms with E-state index in [0.717, 1.165) is 5.57 Å². The van der Waals surface area contributed by atoms with E-state index in [1.807, 2.05) is 26.0 Å². The third-order valence-corrected chi connectivity index (χ3v) is 1.82. The Hall–Kier alpha value is -1.97. The lowest BCUT2D eigenvalue weighted by atomic mass is 10.3. The van der Waals surface area contributed by atoms with E-state index in [1.165, 1.54) is 0 Å². The van der Waals surface area contributed by atoms with Gasteiger partial charge in [-0.25, -0.2) is 4.79 Å². The molecule has 0 aliphatic rings. The quantitative estimate of drug-likeness (QED) is 0.822. The maximum Gasteiger partial charge on any atom is 0.323 e. The van der Waals surface area contributed by atoms with Crippen LogP contribution in [0.2, 0.25) is 0 Å². The third-order valence-electron chi connectivity index (χ3n) is 1.82. The van der Waals surface area contributed by atoms with Crippen LogP contribution in [0.1, 0.15) is 13.8 Å². The van der Waals surface area contributed by atoms with Gasteiger partial charge in [0.1, 0.15) is 5.75 Å². The second kappa shape index (κ2) is 5.80. The summed E-state index contributed by atoms with van der Waals surface area (Å²) < 4.78 is 5.05. The molecule has 0 aliphatic heterocycles. The molecule has 1 aromatic carbocycles. The zero-order valence-corrected chi connectivity index (χ0v) is 9.70. The summed E-state index contributed by atoms with van der Waals surface area (Å²) >= 11 is 0.